The number of benzene rings is 1. The van der Waals surface area contributed by atoms with Crippen LogP contribution in [-0.4, -0.2) is 55.8 Å². The molecule has 2 aliphatic heterocycles. The van der Waals surface area contributed by atoms with Gasteiger partial charge in [-0.3, -0.25) is 9.59 Å². The number of ether oxygens (including phenoxy) is 3. The summed E-state index contributed by atoms with van der Waals surface area (Å²) >= 11 is 3.50. The maximum absolute atomic E-state index is 12.8. The highest BCUT2D eigenvalue weighted by Crippen LogP contribution is 2.28. The van der Waals surface area contributed by atoms with Crippen LogP contribution in [0.15, 0.2) is 22.7 Å². The van der Waals surface area contributed by atoms with E-state index >= 15 is 0 Å². The molecule has 1 atom stereocenters. The zero-order valence-electron chi connectivity index (χ0n) is 15.6. The second-order valence-electron chi connectivity index (χ2n) is 6.91. The van der Waals surface area contributed by atoms with Crippen molar-refractivity contribution in [3.8, 4) is 5.75 Å². The lowest BCUT2D eigenvalue weighted by Gasteiger charge is -2.31. The first-order valence-corrected chi connectivity index (χ1v) is 10.4. The lowest BCUT2D eigenvalue weighted by molar-refractivity contribution is -0.149. The third kappa shape index (κ3) is 5.23. The Morgan fingerprint density at radius 2 is 2.04 bits per heavy atom. The van der Waals surface area contributed by atoms with Gasteiger partial charge in [0.15, 0.2) is 0 Å². The number of rotatable bonds is 6. The van der Waals surface area contributed by atoms with Gasteiger partial charge >= 0.3 is 5.97 Å². The van der Waals surface area contributed by atoms with Gasteiger partial charge in [-0.05, 0) is 66.7 Å². The average molecular weight is 440 g/mol. The van der Waals surface area contributed by atoms with E-state index in [0.29, 0.717) is 50.5 Å². The summed E-state index contributed by atoms with van der Waals surface area (Å²) in [5.41, 5.74) is 0.612. The predicted octanol–water partition coefficient (Wildman–Crippen LogP) is 3.42. The molecule has 1 aromatic rings. The molecule has 27 heavy (non-hydrogen) atoms. The van der Waals surface area contributed by atoms with Gasteiger partial charge in [0.05, 0.1) is 23.1 Å². The molecule has 1 aromatic carbocycles. The minimum atomic E-state index is -0.153. The highest BCUT2D eigenvalue weighted by Gasteiger charge is 2.29. The molecule has 0 N–H and O–H groups in total. The molecule has 2 fully saturated rings. The third-order valence-corrected chi connectivity index (χ3v) is 5.65. The van der Waals surface area contributed by atoms with Crippen molar-refractivity contribution in [3.05, 3.63) is 28.2 Å². The monoisotopic (exact) mass is 439 g/mol. The number of amides is 1. The Morgan fingerprint density at radius 3 is 2.67 bits per heavy atom. The first-order chi connectivity index (χ1) is 13.1. The number of hydrogen-bond donors (Lipinski definition) is 0. The highest BCUT2D eigenvalue weighted by molar-refractivity contribution is 9.10. The third-order valence-electron chi connectivity index (χ3n) is 5.03. The molecule has 3 rings (SSSR count). The summed E-state index contributed by atoms with van der Waals surface area (Å²) in [6, 6.07) is 5.40. The Balaban J connectivity index is 1.54. The molecular formula is C20H26BrNO5. The molecule has 0 bridgehead atoms. The van der Waals surface area contributed by atoms with Gasteiger partial charge < -0.3 is 19.1 Å². The van der Waals surface area contributed by atoms with E-state index in [1.54, 1.807) is 17.0 Å². The summed E-state index contributed by atoms with van der Waals surface area (Å²) in [5, 5.41) is 0. The molecule has 7 heteroatoms. The lowest BCUT2D eigenvalue weighted by Crippen LogP contribution is -2.40. The van der Waals surface area contributed by atoms with Crippen molar-refractivity contribution in [3.63, 3.8) is 0 Å². The van der Waals surface area contributed by atoms with Crippen LogP contribution in [0.2, 0.25) is 0 Å². The minimum absolute atomic E-state index is 0.0244. The van der Waals surface area contributed by atoms with E-state index in [9.17, 15) is 9.59 Å². The highest BCUT2D eigenvalue weighted by atomic mass is 79.9. The predicted molar refractivity (Wildman–Crippen MR) is 104 cm³/mol. The van der Waals surface area contributed by atoms with E-state index in [4.69, 9.17) is 14.2 Å². The molecule has 2 saturated heterocycles. The number of carbonyl (C=O) groups is 2. The van der Waals surface area contributed by atoms with E-state index in [2.05, 4.69) is 15.9 Å². The van der Waals surface area contributed by atoms with Crippen LogP contribution in [0.5, 0.6) is 5.75 Å². The van der Waals surface area contributed by atoms with Crippen molar-refractivity contribution >= 4 is 27.8 Å². The maximum atomic E-state index is 12.8. The standard InChI is InChI=1S/C20H26BrNO5/c1-2-25-20(24)14-7-9-22(10-8-14)19(23)15-5-6-18(17(21)12-15)27-13-16-4-3-11-26-16/h5-6,12,14,16H,2-4,7-11,13H2,1H3. The van der Waals surface area contributed by atoms with Crippen LogP contribution in [-0.2, 0) is 14.3 Å². The van der Waals surface area contributed by atoms with Gasteiger partial charge in [-0.2, -0.15) is 0 Å². The molecule has 0 spiro atoms. The SMILES string of the molecule is CCOC(=O)C1CCN(C(=O)c2ccc(OCC3CCCO3)c(Br)c2)CC1. The fourth-order valence-electron chi connectivity index (χ4n) is 3.47. The largest absolute Gasteiger partial charge is 0.490 e. The zero-order chi connectivity index (χ0) is 19.2. The number of piperidine rings is 1. The van der Waals surface area contributed by atoms with E-state index < -0.39 is 0 Å². The summed E-state index contributed by atoms with van der Waals surface area (Å²) < 4.78 is 17.2. The molecule has 2 heterocycles. The number of likely N-dealkylation sites (tertiary alicyclic amines) is 1. The van der Waals surface area contributed by atoms with Gasteiger partial charge in [0.25, 0.3) is 5.91 Å². The summed E-state index contributed by atoms with van der Waals surface area (Å²) in [4.78, 5) is 26.4. The second-order valence-corrected chi connectivity index (χ2v) is 7.76. The van der Waals surface area contributed by atoms with E-state index in [0.717, 1.165) is 23.9 Å². The summed E-state index contributed by atoms with van der Waals surface area (Å²) in [7, 11) is 0. The van der Waals surface area contributed by atoms with Crippen LogP contribution in [0, 0.1) is 5.92 Å². The van der Waals surface area contributed by atoms with Crippen molar-refractivity contribution in [2.45, 2.75) is 38.7 Å². The molecule has 0 aliphatic carbocycles. The fraction of sp³-hybridized carbons (Fsp3) is 0.600. The van der Waals surface area contributed by atoms with Crippen LogP contribution >= 0.6 is 15.9 Å². The molecule has 0 radical (unpaired) electrons. The van der Waals surface area contributed by atoms with Crippen LogP contribution in [0.25, 0.3) is 0 Å². The molecule has 1 amide bonds. The van der Waals surface area contributed by atoms with Gasteiger partial charge in [0.1, 0.15) is 12.4 Å². The Kier molecular flexibility index (Phi) is 7.13. The normalized spacial score (nSPS) is 20.5. The van der Waals surface area contributed by atoms with Gasteiger partial charge in [-0.15, -0.1) is 0 Å². The number of halogens is 1. The van der Waals surface area contributed by atoms with Crippen LogP contribution in [0.4, 0.5) is 0 Å². The fourth-order valence-corrected chi connectivity index (χ4v) is 3.96. The number of carbonyl (C=O) groups excluding carboxylic acids is 2. The Bertz CT molecular complexity index is 666. The minimum Gasteiger partial charge on any atom is -0.490 e. The molecule has 6 nitrogen and oxygen atoms in total. The average Bonchev–Trinajstić information content (AvgIpc) is 3.20. The topological polar surface area (TPSA) is 65.1 Å². The lowest BCUT2D eigenvalue weighted by atomic mass is 9.96. The number of hydrogen-bond acceptors (Lipinski definition) is 5. The maximum Gasteiger partial charge on any atom is 0.309 e. The van der Waals surface area contributed by atoms with Gasteiger partial charge in [-0.25, -0.2) is 0 Å². The Hall–Kier alpha value is -1.60. The van der Waals surface area contributed by atoms with Gasteiger partial charge in [0, 0.05) is 25.3 Å². The second kappa shape index (κ2) is 9.55. The zero-order valence-corrected chi connectivity index (χ0v) is 17.2. The van der Waals surface area contributed by atoms with Crippen molar-refractivity contribution in [2.24, 2.45) is 5.92 Å². The van der Waals surface area contributed by atoms with E-state index in [-0.39, 0.29) is 23.9 Å². The first kappa shape index (κ1) is 20.1. The summed E-state index contributed by atoms with van der Waals surface area (Å²) in [6.45, 7) is 4.66. The molecule has 2 aliphatic rings. The quantitative estimate of drug-likeness (QED) is 0.635. The first-order valence-electron chi connectivity index (χ1n) is 9.58. The Labute approximate surface area is 168 Å². The number of esters is 1. The van der Waals surface area contributed by atoms with Crippen LogP contribution < -0.4 is 4.74 Å². The van der Waals surface area contributed by atoms with Crippen LogP contribution in [0.1, 0.15) is 43.0 Å². The summed E-state index contributed by atoms with van der Waals surface area (Å²) in [5.74, 6) is 0.432. The van der Waals surface area contributed by atoms with Crippen molar-refractivity contribution in [2.75, 3.05) is 32.9 Å². The van der Waals surface area contributed by atoms with Gasteiger partial charge in [0.2, 0.25) is 0 Å². The van der Waals surface area contributed by atoms with Crippen molar-refractivity contribution in [1.82, 2.24) is 4.90 Å². The molecule has 148 valence electrons. The van der Waals surface area contributed by atoms with Crippen molar-refractivity contribution in [1.29, 1.82) is 0 Å². The smallest absolute Gasteiger partial charge is 0.309 e. The molecule has 1 unspecified atom stereocenters. The van der Waals surface area contributed by atoms with E-state index in [1.807, 2.05) is 13.0 Å². The Morgan fingerprint density at radius 1 is 1.26 bits per heavy atom. The molecular weight excluding hydrogens is 414 g/mol. The molecule has 0 saturated carbocycles. The van der Waals surface area contributed by atoms with Gasteiger partial charge in [-0.1, -0.05) is 0 Å². The number of nitrogens with zero attached hydrogens (tertiary/aromatic N) is 1. The van der Waals surface area contributed by atoms with Crippen molar-refractivity contribution < 1.29 is 23.8 Å². The van der Waals surface area contributed by atoms with Crippen LogP contribution in [0.3, 0.4) is 0 Å². The van der Waals surface area contributed by atoms with E-state index in [1.165, 1.54) is 0 Å². The summed E-state index contributed by atoms with van der Waals surface area (Å²) in [6.07, 6.45) is 3.55. The molecule has 0 aromatic heterocycles.